The lowest BCUT2D eigenvalue weighted by molar-refractivity contribution is -0.134. The van der Waals surface area contributed by atoms with Crippen LogP contribution in [0.1, 0.15) is 56.6 Å². The fourth-order valence-corrected chi connectivity index (χ4v) is 4.83. The van der Waals surface area contributed by atoms with Crippen LogP contribution in [0.3, 0.4) is 0 Å². The Morgan fingerprint density at radius 2 is 1.74 bits per heavy atom. The molecule has 146 valence electrons. The highest BCUT2D eigenvalue weighted by atomic mass is 16.3. The number of benzene rings is 1. The molecule has 2 heterocycles. The van der Waals surface area contributed by atoms with Crippen LogP contribution in [0.15, 0.2) is 30.3 Å². The zero-order chi connectivity index (χ0) is 18.9. The van der Waals surface area contributed by atoms with Gasteiger partial charge in [0.2, 0.25) is 0 Å². The Bertz CT molecular complexity index is 679. The van der Waals surface area contributed by atoms with E-state index in [9.17, 15) is 14.7 Å². The molecular weight excluding hydrogens is 342 g/mol. The first-order chi connectivity index (χ1) is 13.1. The lowest BCUT2D eigenvalue weighted by atomic mass is 9.82. The quantitative estimate of drug-likeness (QED) is 0.798. The topological polar surface area (TPSA) is 72.9 Å². The van der Waals surface area contributed by atoms with E-state index in [1.807, 2.05) is 30.3 Å². The maximum absolute atomic E-state index is 12.9. The number of likely N-dealkylation sites (tertiary alicyclic amines) is 1. The van der Waals surface area contributed by atoms with Crippen molar-refractivity contribution in [3.63, 3.8) is 0 Å². The summed E-state index contributed by atoms with van der Waals surface area (Å²) in [6.45, 7) is 1.94. The van der Waals surface area contributed by atoms with Crippen LogP contribution < -0.4 is 5.32 Å². The lowest BCUT2D eigenvalue weighted by Crippen LogP contribution is -2.49. The Labute approximate surface area is 160 Å². The third-order valence-electron chi connectivity index (χ3n) is 6.51. The second-order valence-corrected chi connectivity index (χ2v) is 8.26. The van der Waals surface area contributed by atoms with Crippen LogP contribution in [0.4, 0.5) is 4.79 Å². The Kier molecular flexibility index (Phi) is 5.19. The maximum atomic E-state index is 12.9. The van der Waals surface area contributed by atoms with Crippen LogP contribution in [0.5, 0.6) is 0 Å². The van der Waals surface area contributed by atoms with Crippen molar-refractivity contribution >= 4 is 11.9 Å². The van der Waals surface area contributed by atoms with Gasteiger partial charge in [0.15, 0.2) is 0 Å². The van der Waals surface area contributed by atoms with Crippen molar-refractivity contribution in [2.24, 2.45) is 5.92 Å². The van der Waals surface area contributed by atoms with Crippen molar-refractivity contribution in [3.05, 3.63) is 35.9 Å². The molecule has 6 nitrogen and oxygen atoms in total. The first-order valence-corrected chi connectivity index (χ1v) is 10.2. The minimum Gasteiger partial charge on any atom is -0.388 e. The molecule has 3 fully saturated rings. The fraction of sp³-hybridized carbons (Fsp3) is 0.619. The Hall–Kier alpha value is -1.92. The molecule has 0 radical (unpaired) electrons. The van der Waals surface area contributed by atoms with Crippen LogP contribution in [0, 0.1) is 5.92 Å². The number of carbonyl (C=O) groups excluding carboxylic acids is 2. The van der Waals surface area contributed by atoms with Crippen molar-refractivity contribution < 1.29 is 14.7 Å². The molecule has 6 heteroatoms. The smallest absolute Gasteiger partial charge is 0.326 e. The minimum absolute atomic E-state index is 0.0429. The number of imide groups is 1. The Morgan fingerprint density at radius 3 is 2.41 bits per heavy atom. The van der Waals surface area contributed by atoms with Crippen molar-refractivity contribution in [1.29, 1.82) is 0 Å². The van der Waals surface area contributed by atoms with Crippen molar-refractivity contribution in [1.82, 2.24) is 15.1 Å². The summed E-state index contributed by atoms with van der Waals surface area (Å²) < 4.78 is 0. The molecule has 1 unspecified atom stereocenters. The second kappa shape index (κ2) is 7.60. The molecular formula is C21H29N3O3. The molecule has 1 atom stereocenters. The van der Waals surface area contributed by atoms with Crippen LogP contribution >= 0.6 is 0 Å². The van der Waals surface area contributed by atoms with Crippen molar-refractivity contribution in [3.8, 4) is 0 Å². The molecule has 1 saturated carbocycles. The highest BCUT2D eigenvalue weighted by Crippen LogP contribution is 2.35. The Morgan fingerprint density at radius 1 is 1.07 bits per heavy atom. The number of aliphatic hydroxyl groups excluding tert-OH is 1. The van der Waals surface area contributed by atoms with E-state index in [1.165, 1.54) is 4.90 Å². The number of rotatable bonds is 4. The molecule has 1 aromatic carbocycles. The molecule has 3 amide bonds. The summed E-state index contributed by atoms with van der Waals surface area (Å²) in [5.74, 6) is 0.176. The number of hydrogen-bond donors (Lipinski definition) is 2. The van der Waals surface area contributed by atoms with E-state index in [0.29, 0.717) is 6.67 Å². The van der Waals surface area contributed by atoms with Gasteiger partial charge in [-0.1, -0.05) is 49.6 Å². The minimum atomic E-state index is -0.642. The number of hydrogen-bond acceptors (Lipinski definition) is 4. The standard InChI is InChI=1S/C21H29N3O3/c25-18(16-7-3-1-4-8-16)17-9-13-23(14-10-17)15-24-19(26)21(22-20(24)27)11-5-2-6-12-21/h1,3-4,7-8,17-18,25H,2,5-6,9-15H2,(H,22,27). The SMILES string of the molecule is O=C1NC2(CCCCC2)C(=O)N1CN1CCC(C(O)c2ccccc2)CC1. The van der Waals surface area contributed by atoms with Gasteiger partial charge in [-0.2, -0.15) is 0 Å². The fourth-order valence-electron chi connectivity index (χ4n) is 4.83. The molecule has 0 bridgehead atoms. The molecule has 27 heavy (non-hydrogen) atoms. The zero-order valence-corrected chi connectivity index (χ0v) is 15.8. The number of nitrogens with zero attached hydrogens (tertiary/aromatic N) is 2. The Balaban J connectivity index is 1.33. The number of nitrogens with one attached hydrogen (secondary N) is 1. The van der Waals surface area contributed by atoms with Crippen LogP contribution in [-0.4, -0.2) is 52.1 Å². The summed E-state index contributed by atoms with van der Waals surface area (Å²) in [5.41, 5.74) is 0.321. The molecule has 1 aliphatic carbocycles. The number of urea groups is 1. The second-order valence-electron chi connectivity index (χ2n) is 8.26. The highest BCUT2D eigenvalue weighted by Gasteiger charge is 2.51. The van der Waals surface area contributed by atoms with E-state index in [2.05, 4.69) is 10.2 Å². The first kappa shape index (κ1) is 18.4. The number of carbonyl (C=O) groups is 2. The average molecular weight is 371 g/mol. The maximum Gasteiger partial charge on any atom is 0.326 e. The van der Waals surface area contributed by atoms with Gasteiger partial charge in [0.1, 0.15) is 5.54 Å². The first-order valence-electron chi connectivity index (χ1n) is 10.2. The van der Waals surface area contributed by atoms with Gasteiger partial charge in [-0.05, 0) is 37.2 Å². The molecule has 3 aliphatic rings. The predicted octanol–water partition coefficient (Wildman–Crippen LogP) is 2.64. The molecule has 2 saturated heterocycles. The molecule has 2 N–H and O–H groups in total. The molecule has 4 rings (SSSR count). The normalized spacial score (nSPS) is 25.0. The summed E-state index contributed by atoms with van der Waals surface area (Å²) in [7, 11) is 0. The summed E-state index contributed by atoms with van der Waals surface area (Å²) >= 11 is 0. The molecule has 1 aromatic rings. The number of piperidine rings is 1. The third-order valence-corrected chi connectivity index (χ3v) is 6.51. The molecule has 2 aliphatic heterocycles. The van der Waals surface area contributed by atoms with Gasteiger partial charge < -0.3 is 10.4 Å². The van der Waals surface area contributed by atoms with Crippen molar-refractivity contribution in [2.45, 2.75) is 56.6 Å². The van der Waals surface area contributed by atoms with Crippen molar-refractivity contribution in [2.75, 3.05) is 19.8 Å². The average Bonchev–Trinajstić information content (AvgIpc) is 2.93. The summed E-state index contributed by atoms with van der Waals surface area (Å²) in [6, 6.07) is 9.55. The van der Waals surface area contributed by atoms with Gasteiger partial charge in [-0.15, -0.1) is 0 Å². The van der Waals surface area contributed by atoms with Gasteiger partial charge in [-0.25, -0.2) is 9.69 Å². The molecule has 1 spiro atoms. The summed E-state index contributed by atoms with van der Waals surface area (Å²) in [5, 5.41) is 13.6. The van der Waals surface area contributed by atoms with Crippen LogP contribution in [0.2, 0.25) is 0 Å². The monoisotopic (exact) mass is 371 g/mol. The van der Waals surface area contributed by atoms with Gasteiger partial charge in [0.25, 0.3) is 5.91 Å². The van der Waals surface area contributed by atoms with Gasteiger partial charge in [0.05, 0.1) is 12.8 Å². The lowest BCUT2D eigenvalue weighted by Gasteiger charge is -2.36. The summed E-state index contributed by atoms with van der Waals surface area (Å²) in [6.07, 6.45) is 5.96. The van der Waals surface area contributed by atoms with Gasteiger partial charge >= 0.3 is 6.03 Å². The van der Waals surface area contributed by atoms with Crippen LogP contribution in [0.25, 0.3) is 0 Å². The van der Waals surface area contributed by atoms with Crippen LogP contribution in [-0.2, 0) is 4.79 Å². The summed E-state index contributed by atoms with van der Waals surface area (Å²) in [4.78, 5) is 28.9. The van der Waals surface area contributed by atoms with Gasteiger partial charge in [-0.3, -0.25) is 9.69 Å². The number of amides is 3. The predicted molar refractivity (Wildman–Crippen MR) is 102 cm³/mol. The third kappa shape index (κ3) is 3.60. The van der Waals surface area contributed by atoms with E-state index in [0.717, 1.165) is 63.6 Å². The largest absolute Gasteiger partial charge is 0.388 e. The van der Waals surface area contributed by atoms with E-state index >= 15 is 0 Å². The highest BCUT2D eigenvalue weighted by molar-refractivity contribution is 6.07. The van der Waals surface area contributed by atoms with E-state index < -0.39 is 11.6 Å². The van der Waals surface area contributed by atoms with E-state index in [-0.39, 0.29) is 17.9 Å². The van der Waals surface area contributed by atoms with E-state index in [1.54, 1.807) is 0 Å². The molecule has 0 aromatic heterocycles. The number of aliphatic hydroxyl groups is 1. The van der Waals surface area contributed by atoms with Gasteiger partial charge in [0, 0.05) is 13.1 Å². The van der Waals surface area contributed by atoms with E-state index in [4.69, 9.17) is 0 Å². The zero-order valence-electron chi connectivity index (χ0n) is 15.8.